The van der Waals surface area contributed by atoms with E-state index < -0.39 is 5.97 Å². The van der Waals surface area contributed by atoms with Gasteiger partial charge in [0.15, 0.2) is 0 Å². The van der Waals surface area contributed by atoms with Gasteiger partial charge in [0, 0.05) is 0 Å². The fourth-order valence-corrected chi connectivity index (χ4v) is 1.60. The van der Waals surface area contributed by atoms with Crippen LogP contribution in [-0.2, 0) is 0 Å². The summed E-state index contributed by atoms with van der Waals surface area (Å²) in [7, 11) is 0. The van der Waals surface area contributed by atoms with Crippen molar-refractivity contribution in [3.05, 3.63) is 35.4 Å². The van der Waals surface area contributed by atoms with Gasteiger partial charge in [-0.2, -0.15) is 0 Å². The molecule has 1 atom stereocenters. The molecular weight excluding hydrogens is 190 g/mol. The van der Waals surface area contributed by atoms with Crippen LogP contribution < -0.4 is 0 Å². The summed E-state index contributed by atoms with van der Waals surface area (Å²) in [5.41, 5.74) is 1.07. The largest absolute Gasteiger partial charge is 0.478 e. The lowest BCUT2D eigenvalue weighted by Crippen LogP contribution is -2.05. The number of benzene rings is 1. The third-order valence-corrected chi connectivity index (χ3v) is 2.33. The zero-order chi connectivity index (χ0) is 11.3. The lowest BCUT2D eigenvalue weighted by Gasteiger charge is -2.13. The number of rotatable bonds is 5. The number of hydrogen-bond acceptors (Lipinski definition) is 2. The zero-order valence-corrected chi connectivity index (χ0v) is 8.81. The van der Waals surface area contributed by atoms with E-state index in [-0.39, 0.29) is 6.04 Å². The summed E-state index contributed by atoms with van der Waals surface area (Å²) in [6.07, 6.45) is 1.78. The molecule has 80 valence electrons. The van der Waals surface area contributed by atoms with Crippen molar-refractivity contribution in [3.8, 4) is 0 Å². The smallest absolute Gasteiger partial charge is 0.336 e. The lowest BCUT2D eigenvalue weighted by atomic mass is 9.97. The minimum absolute atomic E-state index is 0.109. The summed E-state index contributed by atoms with van der Waals surface area (Å²) < 4.78 is 0. The topological polar surface area (TPSA) is 49.7 Å². The highest BCUT2D eigenvalue weighted by Gasteiger charge is 2.15. The first kappa shape index (κ1) is 11.4. The summed E-state index contributed by atoms with van der Waals surface area (Å²) in [4.78, 5) is 15.0. The Hall–Kier alpha value is -1.64. The summed E-state index contributed by atoms with van der Waals surface area (Å²) in [6, 6.07) is 6.85. The first-order valence-electron chi connectivity index (χ1n) is 4.98. The van der Waals surface area contributed by atoms with Gasteiger partial charge >= 0.3 is 5.97 Å². The number of aromatic carboxylic acids is 1. The number of carboxylic acids is 1. The van der Waals surface area contributed by atoms with Gasteiger partial charge in [0.2, 0.25) is 0 Å². The van der Waals surface area contributed by atoms with Gasteiger partial charge in [0.25, 0.3) is 0 Å². The molecule has 0 radical (unpaired) electrons. The van der Waals surface area contributed by atoms with Crippen LogP contribution in [0.3, 0.4) is 0 Å². The summed E-state index contributed by atoms with van der Waals surface area (Å²) in [6.45, 7) is 5.56. The Morgan fingerprint density at radius 3 is 2.73 bits per heavy atom. The minimum Gasteiger partial charge on any atom is -0.478 e. The Balaban J connectivity index is 3.10. The Morgan fingerprint density at radius 2 is 2.20 bits per heavy atom. The molecule has 1 unspecified atom stereocenters. The van der Waals surface area contributed by atoms with Gasteiger partial charge in [-0.15, -0.1) is 0 Å². The molecule has 0 saturated heterocycles. The van der Waals surface area contributed by atoms with Crippen molar-refractivity contribution in [2.24, 2.45) is 4.99 Å². The van der Waals surface area contributed by atoms with Crippen molar-refractivity contribution >= 4 is 12.7 Å². The van der Waals surface area contributed by atoms with Gasteiger partial charge in [0.05, 0.1) is 11.6 Å². The quantitative estimate of drug-likeness (QED) is 0.751. The Morgan fingerprint density at radius 1 is 1.53 bits per heavy atom. The normalized spacial score (nSPS) is 12.1. The second-order valence-corrected chi connectivity index (χ2v) is 3.38. The van der Waals surface area contributed by atoms with Crippen LogP contribution >= 0.6 is 0 Å². The van der Waals surface area contributed by atoms with E-state index in [1.54, 1.807) is 18.2 Å². The summed E-state index contributed by atoms with van der Waals surface area (Å²) in [5, 5.41) is 9.02. The number of hydrogen-bond donors (Lipinski definition) is 1. The molecule has 0 heterocycles. The van der Waals surface area contributed by atoms with Crippen LogP contribution in [0.15, 0.2) is 29.3 Å². The standard InChI is InChI=1S/C12H15NO2/c1-3-6-11(13-2)9-7-4-5-8-10(9)12(14)15/h4-5,7-8,11H,2-3,6H2,1H3,(H,14,15). The van der Waals surface area contributed by atoms with Crippen molar-refractivity contribution in [2.75, 3.05) is 0 Å². The molecule has 3 heteroatoms. The van der Waals surface area contributed by atoms with Crippen molar-refractivity contribution in [1.82, 2.24) is 0 Å². The molecule has 3 nitrogen and oxygen atoms in total. The highest BCUT2D eigenvalue weighted by atomic mass is 16.4. The molecule has 0 bridgehead atoms. The highest BCUT2D eigenvalue weighted by molar-refractivity contribution is 5.89. The van der Waals surface area contributed by atoms with Crippen molar-refractivity contribution in [2.45, 2.75) is 25.8 Å². The zero-order valence-electron chi connectivity index (χ0n) is 8.81. The van der Waals surface area contributed by atoms with Crippen molar-refractivity contribution in [1.29, 1.82) is 0 Å². The molecule has 0 aliphatic rings. The molecule has 0 fully saturated rings. The molecule has 0 aliphatic heterocycles. The second kappa shape index (κ2) is 5.29. The van der Waals surface area contributed by atoms with Gasteiger partial charge in [-0.05, 0) is 24.8 Å². The van der Waals surface area contributed by atoms with Gasteiger partial charge in [-0.1, -0.05) is 31.5 Å². The number of nitrogens with zero attached hydrogens (tertiary/aromatic N) is 1. The molecule has 0 aromatic heterocycles. The summed E-state index contributed by atoms with van der Waals surface area (Å²) >= 11 is 0. The third kappa shape index (κ3) is 2.65. The minimum atomic E-state index is -0.907. The maximum absolute atomic E-state index is 11.0. The highest BCUT2D eigenvalue weighted by Crippen LogP contribution is 2.25. The molecule has 0 aliphatic carbocycles. The van der Waals surface area contributed by atoms with E-state index in [1.807, 2.05) is 13.0 Å². The van der Waals surface area contributed by atoms with Gasteiger partial charge < -0.3 is 5.11 Å². The van der Waals surface area contributed by atoms with Gasteiger partial charge in [-0.3, -0.25) is 4.99 Å². The molecule has 0 spiro atoms. The van der Waals surface area contributed by atoms with Gasteiger partial charge in [0.1, 0.15) is 0 Å². The van der Waals surface area contributed by atoms with E-state index in [9.17, 15) is 4.79 Å². The van der Waals surface area contributed by atoms with E-state index in [2.05, 4.69) is 11.7 Å². The number of aliphatic imine (C=N–C) groups is 1. The Bertz CT molecular complexity index is 360. The van der Waals surface area contributed by atoms with Gasteiger partial charge in [-0.25, -0.2) is 4.79 Å². The summed E-state index contributed by atoms with van der Waals surface area (Å²) in [5.74, 6) is -0.907. The SMILES string of the molecule is C=NC(CCC)c1ccccc1C(=O)O. The molecule has 1 rings (SSSR count). The monoisotopic (exact) mass is 205 g/mol. The van der Waals surface area contributed by atoms with E-state index >= 15 is 0 Å². The molecule has 15 heavy (non-hydrogen) atoms. The average Bonchev–Trinajstić information content (AvgIpc) is 2.26. The maximum atomic E-state index is 11.0. The maximum Gasteiger partial charge on any atom is 0.336 e. The predicted molar refractivity (Wildman–Crippen MR) is 60.6 cm³/mol. The fraction of sp³-hybridized carbons (Fsp3) is 0.333. The molecular formula is C12H15NO2. The van der Waals surface area contributed by atoms with Crippen LogP contribution in [0.1, 0.15) is 41.7 Å². The van der Waals surface area contributed by atoms with Crippen molar-refractivity contribution < 1.29 is 9.90 Å². The lowest BCUT2D eigenvalue weighted by molar-refractivity contribution is 0.0695. The number of carboxylic acid groups (broad SMARTS) is 1. The molecule has 1 aromatic rings. The fourth-order valence-electron chi connectivity index (χ4n) is 1.60. The second-order valence-electron chi connectivity index (χ2n) is 3.38. The van der Waals surface area contributed by atoms with E-state index in [0.717, 1.165) is 18.4 Å². The Labute approximate surface area is 89.5 Å². The van der Waals surface area contributed by atoms with Crippen LogP contribution in [0.2, 0.25) is 0 Å². The van der Waals surface area contributed by atoms with Crippen LogP contribution in [0.25, 0.3) is 0 Å². The predicted octanol–water partition coefficient (Wildman–Crippen LogP) is 2.93. The third-order valence-electron chi connectivity index (χ3n) is 2.33. The Kier molecular flexibility index (Phi) is 4.03. The molecule has 1 aromatic carbocycles. The van der Waals surface area contributed by atoms with E-state index in [4.69, 9.17) is 5.11 Å². The molecule has 1 N–H and O–H groups in total. The van der Waals surface area contributed by atoms with Crippen LogP contribution in [-0.4, -0.2) is 17.8 Å². The van der Waals surface area contributed by atoms with Crippen LogP contribution in [0.5, 0.6) is 0 Å². The molecule has 0 saturated carbocycles. The van der Waals surface area contributed by atoms with Crippen LogP contribution in [0.4, 0.5) is 0 Å². The number of carbonyl (C=O) groups is 1. The first-order valence-corrected chi connectivity index (χ1v) is 4.98. The molecule has 0 amide bonds. The van der Waals surface area contributed by atoms with E-state index in [1.165, 1.54) is 0 Å². The first-order chi connectivity index (χ1) is 7.20. The van der Waals surface area contributed by atoms with E-state index in [0.29, 0.717) is 5.56 Å². The van der Waals surface area contributed by atoms with Crippen molar-refractivity contribution in [3.63, 3.8) is 0 Å². The average molecular weight is 205 g/mol. The van der Waals surface area contributed by atoms with Crippen LogP contribution in [0, 0.1) is 0 Å².